The van der Waals surface area contributed by atoms with Gasteiger partial charge < -0.3 is 14.6 Å². The lowest BCUT2D eigenvalue weighted by Gasteiger charge is -2.32. The molecule has 1 aliphatic rings. The first kappa shape index (κ1) is 17.7. The maximum Gasteiger partial charge on any atom is 0.491 e. The molecule has 1 N–H and O–H groups in total. The molecule has 1 aliphatic heterocycles. The number of nitrogens with one attached hydrogen (secondary N) is 1. The van der Waals surface area contributed by atoms with Gasteiger partial charge in [0.15, 0.2) is 0 Å². The zero-order valence-corrected chi connectivity index (χ0v) is 14.2. The molecule has 0 bridgehead atoms. The SMILES string of the molecule is CNCC(=Cc1ccc(F)cc1C#N)B1OC(C)(C)C(C)(C)O1. The van der Waals surface area contributed by atoms with Crippen LogP contribution in [0.1, 0.15) is 38.8 Å². The smallest absolute Gasteiger partial charge is 0.400 e. The number of nitrogens with zero attached hydrogens (tertiary/aromatic N) is 1. The summed E-state index contributed by atoms with van der Waals surface area (Å²) in [7, 11) is 1.32. The van der Waals surface area contributed by atoms with Gasteiger partial charge in [0.2, 0.25) is 0 Å². The van der Waals surface area contributed by atoms with Gasteiger partial charge in [-0.1, -0.05) is 12.1 Å². The first-order valence-corrected chi connectivity index (χ1v) is 7.60. The highest BCUT2D eigenvalue weighted by molar-refractivity contribution is 6.56. The minimum absolute atomic E-state index is 0.287. The molecule has 6 heteroatoms. The first-order valence-electron chi connectivity index (χ1n) is 7.60. The fraction of sp³-hybridized carbons (Fsp3) is 0.471. The van der Waals surface area contributed by atoms with E-state index in [2.05, 4.69) is 5.32 Å². The molecule has 0 saturated carbocycles. The van der Waals surface area contributed by atoms with Crippen molar-refractivity contribution in [3.63, 3.8) is 0 Å². The summed E-state index contributed by atoms with van der Waals surface area (Å²) in [5.41, 5.74) is 0.912. The summed E-state index contributed by atoms with van der Waals surface area (Å²) in [4.78, 5) is 0. The molecule has 4 nitrogen and oxygen atoms in total. The number of halogens is 1. The number of rotatable bonds is 4. The van der Waals surface area contributed by atoms with Gasteiger partial charge in [0.05, 0.1) is 22.8 Å². The van der Waals surface area contributed by atoms with Crippen molar-refractivity contribution in [2.45, 2.75) is 38.9 Å². The largest absolute Gasteiger partial charge is 0.491 e. The van der Waals surface area contributed by atoms with E-state index in [1.165, 1.54) is 12.1 Å². The maximum atomic E-state index is 13.3. The van der Waals surface area contributed by atoms with Gasteiger partial charge in [0, 0.05) is 6.54 Å². The predicted octanol–water partition coefficient (Wildman–Crippen LogP) is 2.93. The van der Waals surface area contributed by atoms with E-state index in [-0.39, 0.29) is 5.56 Å². The molecule has 1 heterocycles. The molecule has 1 aromatic carbocycles. The van der Waals surface area contributed by atoms with Crippen LogP contribution < -0.4 is 5.32 Å². The van der Waals surface area contributed by atoms with Gasteiger partial charge >= 0.3 is 7.12 Å². The quantitative estimate of drug-likeness (QED) is 0.868. The Hall–Kier alpha value is -1.68. The number of hydrogen-bond donors (Lipinski definition) is 1. The van der Waals surface area contributed by atoms with Gasteiger partial charge in [-0.3, -0.25) is 0 Å². The van der Waals surface area contributed by atoms with E-state index in [4.69, 9.17) is 9.31 Å². The summed E-state index contributed by atoms with van der Waals surface area (Å²) >= 11 is 0. The van der Waals surface area contributed by atoms with Crippen LogP contribution in [0.3, 0.4) is 0 Å². The van der Waals surface area contributed by atoms with Crippen LogP contribution in [0.2, 0.25) is 0 Å². The molecule has 0 spiro atoms. The molecule has 0 radical (unpaired) electrons. The van der Waals surface area contributed by atoms with Crippen molar-refractivity contribution in [3.05, 3.63) is 40.6 Å². The van der Waals surface area contributed by atoms with Crippen LogP contribution in [0.25, 0.3) is 6.08 Å². The van der Waals surface area contributed by atoms with Gasteiger partial charge in [0.1, 0.15) is 5.82 Å². The maximum absolute atomic E-state index is 13.3. The monoisotopic (exact) mass is 316 g/mol. The highest BCUT2D eigenvalue weighted by atomic mass is 19.1. The Morgan fingerprint density at radius 3 is 2.43 bits per heavy atom. The molecule has 1 fully saturated rings. The molecule has 122 valence electrons. The van der Waals surface area contributed by atoms with Crippen LogP contribution in [0.5, 0.6) is 0 Å². The zero-order chi connectivity index (χ0) is 17.3. The van der Waals surface area contributed by atoms with Gasteiger partial charge in [-0.05, 0) is 57.9 Å². The van der Waals surface area contributed by atoms with Crippen LogP contribution in [0, 0.1) is 17.1 Å². The molecule has 1 aromatic rings. The predicted molar refractivity (Wildman–Crippen MR) is 89.1 cm³/mol. The van der Waals surface area contributed by atoms with Crippen LogP contribution in [-0.2, 0) is 9.31 Å². The van der Waals surface area contributed by atoms with Crippen LogP contribution >= 0.6 is 0 Å². The minimum atomic E-state index is -0.510. The third-order valence-electron chi connectivity index (χ3n) is 4.41. The number of likely N-dealkylation sites (N-methyl/N-ethyl adjacent to an activating group) is 1. The van der Waals surface area contributed by atoms with Crippen LogP contribution in [0.4, 0.5) is 4.39 Å². The van der Waals surface area contributed by atoms with Crippen LogP contribution in [-0.4, -0.2) is 31.9 Å². The fourth-order valence-electron chi connectivity index (χ4n) is 2.35. The lowest BCUT2D eigenvalue weighted by Crippen LogP contribution is -2.41. The summed E-state index contributed by atoms with van der Waals surface area (Å²) in [6, 6.07) is 6.18. The van der Waals surface area contributed by atoms with Gasteiger partial charge in [-0.25, -0.2) is 4.39 Å². The van der Waals surface area contributed by atoms with Gasteiger partial charge in [-0.2, -0.15) is 5.26 Å². The second kappa shape index (κ2) is 6.44. The average Bonchev–Trinajstić information content (AvgIpc) is 2.68. The second-order valence-electron chi connectivity index (χ2n) is 6.68. The summed E-state index contributed by atoms with van der Waals surface area (Å²) in [6.07, 6.45) is 1.83. The third kappa shape index (κ3) is 3.64. The highest BCUT2D eigenvalue weighted by Crippen LogP contribution is 2.38. The van der Waals surface area contributed by atoms with E-state index < -0.39 is 24.1 Å². The zero-order valence-electron chi connectivity index (χ0n) is 14.2. The van der Waals surface area contributed by atoms with E-state index in [0.29, 0.717) is 12.1 Å². The summed E-state index contributed by atoms with van der Waals surface area (Å²) in [6.45, 7) is 8.50. The molecule has 0 atom stereocenters. The number of nitriles is 1. The fourth-order valence-corrected chi connectivity index (χ4v) is 2.35. The lowest BCUT2D eigenvalue weighted by molar-refractivity contribution is 0.00578. The van der Waals surface area contributed by atoms with Crippen molar-refractivity contribution >= 4 is 13.2 Å². The normalized spacial score (nSPS) is 19.7. The first-order chi connectivity index (χ1) is 10.7. The topological polar surface area (TPSA) is 54.3 Å². The molecule has 23 heavy (non-hydrogen) atoms. The van der Waals surface area contributed by atoms with Crippen molar-refractivity contribution in [1.29, 1.82) is 5.26 Å². The molecular weight excluding hydrogens is 294 g/mol. The Bertz CT molecular complexity index is 649. The van der Waals surface area contributed by atoms with Crippen molar-refractivity contribution in [2.24, 2.45) is 0 Å². The minimum Gasteiger partial charge on any atom is -0.400 e. The summed E-state index contributed by atoms with van der Waals surface area (Å²) in [5, 5.41) is 12.3. The Balaban J connectivity index is 2.39. The lowest BCUT2D eigenvalue weighted by atomic mass is 9.76. The molecule has 1 saturated heterocycles. The standard InChI is InChI=1S/C17H22BFN2O2/c1-16(2)17(3,4)23-18(22-16)14(11-21-5)8-12-6-7-15(19)9-13(12)10-20/h6-9,21H,11H2,1-5H3. The number of hydrogen-bond acceptors (Lipinski definition) is 4. The Kier molecular flexibility index (Phi) is 4.95. The molecule has 0 aromatic heterocycles. The van der Waals surface area contributed by atoms with E-state index in [0.717, 1.165) is 5.47 Å². The van der Waals surface area contributed by atoms with Crippen molar-refractivity contribution in [1.82, 2.24) is 5.32 Å². The molecule has 0 aliphatic carbocycles. The van der Waals surface area contributed by atoms with E-state index in [1.54, 1.807) is 6.07 Å². The number of benzene rings is 1. The van der Waals surface area contributed by atoms with Crippen LogP contribution in [0.15, 0.2) is 23.7 Å². The van der Waals surface area contributed by atoms with E-state index in [9.17, 15) is 9.65 Å². The highest BCUT2D eigenvalue weighted by Gasteiger charge is 2.52. The van der Waals surface area contributed by atoms with E-state index >= 15 is 0 Å². The summed E-state index contributed by atoms with van der Waals surface area (Å²) < 4.78 is 25.4. The molecular formula is C17H22BFN2O2. The van der Waals surface area contributed by atoms with E-state index in [1.807, 2.05) is 46.9 Å². The average molecular weight is 316 g/mol. The van der Waals surface area contributed by atoms with Crippen molar-refractivity contribution in [2.75, 3.05) is 13.6 Å². The molecule has 0 unspecified atom stereocenters. The molecule has 0 amide bonds. The Labute approximate surface area is 137 Å². The second-order valence-corrected chi connectivity index (χ2v) is 6.68. The van der Waals surface area contributed by atoms with Crippen molar-refractivity contribution < 1.29 is 13.7 Å². The van der Waals surface area contributed by atoms with Gasteiger partial charge in [0.25, 0.3) is 0 Å². The van der Waals surface area contributed by atoms with Gasteiger partial charge in [-0.15, -0.1) is 0 Å². The Morgan fingerprint density at radius 2 is 1.91 bits per heavy atom. The Morgan fingerprint density at radius 1 is 1.30 bits per heavy atom. The van der Waals surface area contributed by atoms with Crippen molar-refractivity contribution in [3.8, 4) is 6.07 Å². The summed E-state index contributed by atoms with van der Waals surface area (Å²) in [5.74, 6) is -0.426. The third-order valence-corrected chi connectivity index (χ3v) is 4.41. The molecule has 2 rings (SSSR count).